The molecule has 1 aliphatic rings. The number of amides is 1. The Kier molecular flexibility index (Phi) is 2.82. The molecule has 0 aromatic carbocycles. The van der Waals surface area contributed by atoms with E-state index < -0.39 is 0 Å². The number of morpholine rings is 1. The molecule has 1 aliphatic heterocycles. The van der Waals surface area contributed by atoms with Gasteiger partial charge in [-0.1, -0.05) is 0 Å². The first-order valence-corrected chi connectivity index (χ1v) is 5.63. The Labute approximate surface area is 100 Å². The standard InChI is InChI=1S/C11H18N4O2/c1-7-8(12)9(14-13-7)10(16)15-4-5-17-6-11(15,2)3/h4-6,12H2,1-3H3,(H,13,14). The zero-order valence-corrected chi connectivity index (χ0v) is 10.4. The zero-order valence-electron chi connectivity index (χ0n) is 10.4. The Balaban J connectivity index is 2.28. The van der Waals surface area contributed by atoms with Crippen molar-refractivity contribution < 1.29 is 9.53 Å². The predicted octanol–water partition coefficient (Wildman–Crippen LogP) is 0.551. The summed E-state index contributed by atoms with van der Waals surface area (Å²) in [6, 6.07) is 0. The van der Waals surface area contributed by atoms with E-state index in [1.807, 2.05) is 13.8 Å². The van der Waals surface area contributed by atoms with E-state index in [4.69, 9.17) is 10.5 Å². The summed E-state index contributed by atoms with van der Waals surface area (Å²) in [7, 11) is 0. The van der Waals surface area contributed by atoms with Crippen molar-refractivity contribution in [2.24, 2.45) is 0 Å². The van der Waals surface area contributed by atoms with Crippen LogP contribution in [0, 0.1) is 6.92 Å². The molecule has 6 heteroatoms. The van der Waals surface area contributed by atoms with Gasteiger partial charge in [0.15, 0.2) is 5.69 Å². The fourth-order valence-electron chi connectivity index (χ4n) is 1.96. The van der Waals surface area contributed by atoms with Crippen molar-refractivity contribution in [2.45, 2.75) is 26.3 Å². The summed E-state index contributed by atoms with van der Waals surface area (Å²) in [6.07, 6.45) is 0. The molecular formula is C11H18N4O2. The van der Waals surface area contributed by atoms with Gasteiger partial charge in [0.05, 0.1) is 30.1 Å². The van der Waals surface area contributed by atoms with Gasteiger partial charge in [0.2, 0.25) is 0 Å². The molecule has 3 N–H and O–H groups in total. The van der Waals surface area contributed by atoms with E-state index >= 15 is 0 Å². The second-order valence-electron chi connectivity index (χ2n) is 4.93. The molecule has 94 valence electrons. The number of carbonyl (C=O) groups is 1. The third-order valence-electron chi connectivity index (χ3n) is 3.09. The van der Waals surface area contributed by atoms with Gasteiger partial charge in [0, 0.05) is 6.54 Å². The lowest BCUT2D eigenvalue weighted by atomic mass is 10.0. The molecule has 1 aromatic heterocycles. The first-order valence-electron chi connectivity index (χ1n) is 5.63. The monoisotopic (exact) mass is 238 g/mol. The van der Waals surface area contributed by atoms with Crippen LogP contribution in [0.2, 0.25) is 0 Å². The number of anilines is 1. The fraction of sp³-hybridized carbons (Fsp3) is 0.636. The van der Waals surface area contributed by atoms with Crippen LogP contribution in [0.15, 0.2) is 0 Å². The molecule has 2 rings (SSSR count). The van der Waals surface area contributed by atoms with Gasteiger partial charge in [-0.3, -0.25) is 9.89 Å². The van der Waals surface area contributed by atoms with E-state index in [-0.39, 0.29) is 11.4 Å². The van der Waals surface area contributed by atoms with Gasteiger partial charge in [-0.25, -0.2) is 0 Å². The molecule has 1 fully saturated rings. The third kappa shape index (κ3) is 2.00. The topological polar surface area (TPSA) is 84.2 Å². The molecule has 6 nitrogen and oxygen atoms in total. The number of nitrogens with zero attached hydrogens (tertiary/aromatic N) is 2. The highest BCUT2D eigenvalue weighted by Crippen LogP contribution is 2.23. The smallest absolute Gasteiger partial charge is 0.277 e. The number of hydrogen-bond acceptors (Lipinski definition) is 4. The van der Waals surface area contributed by atoms with E-state index in [2.05, 4.69) is 10.2 Å². The molecule has 17 heavy (non-hydrogen) atoms. The largest absolute Gasteiger partial charge is 0.395 e. The first-order chi connectivity index (χ1) is 7.93. The Hall–Kier alpha value is -1.56. The number of aryl methyl sites for hydroxylation is 1. The van der Waals surface area contributed by atoms with Crippen LogP contribution >= 0.6 is 0 Å². The molecular weight excluding hydrogens is 220 g/mol. The fourth-order valence-corrected chi connectivity index (χ4v) is 1.96. The van der Waals surface area contributed by atoms with Crippen LogP contribution in [0.4, 0.5) is 5.69 Å². The van der Waals surface area contributed by atoms with Gasteiger partial charge >= 0.3 is 0 Å². The summed E-state index contributed by atoms with van der Waals surface area (Å²) < 4.78 is 5.38. The molecule has 0 saturated carbocycles. The van der Waals surface area contributed by atoms with Crippen LogP contribution in [0.3, 0.4) is 0 Å². The van der Waals surface area contributed by atoms with Crippen molar-refractivity contribution in [1.29, 1.82) is 0 Å². The average Bonchev–Trinajstić information content (AvgIpc) is 2.58. The first kappa shape index (κ1) is 11.9. The highest BCUT2D eigenvalue weighted by molar-refractivity contribution is 5.98. The maximum atomic E-state index is 12.4. The van der Waals surface area contributed by atoms with Crippen LogP contribution in [-0.4, -0.2) is 46.3 Å². The summed E-state index contributed by atoms with van der Waals surface area (Å²) in [4.78, 5) is 14.1. The average molecular weight is 238 g/mol. The number of hydrogen-bond donors (Lipinski definition) is 2. The lowest BCUT2D eigenvalue weighted by Crippen LogP contribution is -2.55. The van der Waals surface area contributed by atoms with Gasteiger partial charge in [-0.05, 0) is 20.8 Å². The van der Waals surface area contributed by atoms with Gasteiger partial charge in [0.1, 0.15) is 0 Å². The van der Waals surface area contributed by atoms with Crippen LogP contribution in [-0.2, 0) is 4.74 Å². The van der Waals surface area contributed by atoms with Crippen molar-refractivity contribution >= 4 is 11.6 Å². The number of nitrogen functional groups attached to an aromatic ring is 1. The number of aromatic amines is 1. The van der Waals surface area contributed by atoms with Gasteiger partial charge < -0.3 is 15.4 Å². The lowest BCUT2D eigenvalue weighted by molar-refractivity contribution is -0.0372. The molecule has 2 heterocycles. The van der Waals surface area contributed by atoms with Crippen LogP contribution in [0.5, 0.6) is 0 Å². The molecule has 0 atom stereocenters. The third-order valence-corrected chi connectivity index (χ3v) is 3.09. The minimum atomic E-state index is -0.325. The van der Waals surface area contributed by atoms with E-state index in [1.54, 1.807) is 11.8 Å². The molecule has 1 aromatic rings. The Morgan fingerprint density at radius 2 is 2.29 bits per heavy atom. The normalized spacial score (nSPS) is 19.4. The molecule has 1 amide bonds. The number of rotatable bonds is 1. The second-order valence-corrected chi connectivity index (χ2v) is 4.93. The summed E-state index contributed by atoms with van der Waals surface area (Å²) in [5, 5.41) is 6.70. The highest BCUT2D eigenvalue weighted by Gasteiger charge is 2.36. The summed E-state index contributed by atoms with van der Waals surface area (Å²) in [5.74, 6) is -0.139. The van der Waals surface area contributed by atoms with Crippen LogP contribution in [0.1, 0.15) is 30.0 Å². The van der Waals surface area contributed by atoms with Gasteiger partial charge in [0.25, 0.3) is 5.91 Å². The molecule has 0 spiro atoms. The Morgan fingerprint density at radius 3 is 2.82 bits per heavy atom. The number of aromatic nitrogens is 2. The van der Waals surface area contributed by atoms with E-state index in [0.29, 0.717) is 31.1 Å². The van der Waals surface area contributed by atoms with Gasteiger partial charge in [-0.15, -0.1) is 0 Å². The minimum Gasteiger partial charge on any atom is -0.395 e. The Bertz CT molecular complexity index is 439. The molecule has 0 unspecified atom stereocenters. The molecule has 1 saturated heterocycles. The number of nitrogens with one attached hydrogen (secondary N) is 1. The van der Waals surface area contributed by atoms with Crippen molar-refractivity contribution in [3.63, 3.8) is 0 Å². The SMILES string of the molecule is Cc1[nH]nc(C(=O)N2CCOCC2(C)C)c1N. The zero-order chi connectivity index (χ0) is 12.6. The van der Waals surface area contributed by atoms with Gasteiger partial charge in [-0.2, -0.15) is 5.10 Å². The van der Waals surface area contributed by atoms with Crippen molar-refractivity contribution in [3.05, 3.63) is 11.4 Å². The summed E-state index contributed by atoms with van der Waals surface area (Å²) in [6.45, 7) is 7.39. The number of carbonyl (C=O) groups excluding carboxylic acids is 1. The highest BCUT2D eigenvalue weighted by atomic mass is 16.5. The number of H-pyrrole nitrogens is 1. The predicted molar refractivity (Wildman–Crippen MR) is 63.7 cm³/mol. The molecule has 0 radical (unpaired) electrons. The molecule has 0 bridgehead atoms. The van der Waals surface area contributed by atoms with Crippen molar-refractivity contribution in [2.75, 3.05) is 25.5 Å². The van der Waals surface area contributed by atoms with E-state index in [1.165, 1.54) is 0 Å². The maximum Gasteiger partial charge on any atom is 0.277 e. The number of ether oxygens (including phenoxy) is 1. The summed E-state index contributed by atoms with van der Waals surface area (Å²) in [5.41, 5.74) is 6.95. The maximum absolute atomic E-state index is 12.4. The molecule has 0 aliphatic carbocycles. The second kappa shape index (κ2) is 4.03. The van der Waals surface area contributed by atoms with Crippen molar-refractivity contribution in [3.8, 4) is 0 Å². The lowest BCUT2D eigenvalue weighted by Gasteiger charge is -2.41. The van der Waals surface area contributed by atoms with Crippen molar-refractivity contribution in [1.82, 2.24) is 15.1 Å². The number of nitrogens with two attached hydrogens (primary N) is 1. The van der Waals surface area contributed by atoms with Crippen LogP contribution in [0.25, 0.3) is 0 Å². The summed E-state index contributed by atoms with van der Waals surface area (Å²) >= 11 is 0. The Morgan fingerprint density at radius 1 is 1.59 bits per heavy atom. The van der Waals surface area contributed by atoms with E-state index in [0.717, 1.165) is 5.69 Å². The van der Waals surface area contributed by atoms with E-state index in [9.17, 15) is 4.79 Å². The van der Waals surface area contributed by atoms with Crippen LogP contribution < -0.4 is 5.73 Å². The minimum absolute atomic E-state index is 0.139. The quantitative estimate of drug-likeness (QED) is 0.748.